The third-order valence-electron chi connectivity index (χ3n) is 6.69. The van der Waals surface area contributed by atoms with Crippen LogP contribution in [-0.4, -0.2) is 39.9 Å². The van der Waals surface area contributed by atoms with E-state index in [4.69, 9.17) is 26.2 Å². The van der Waals surface area contributed by atoms with Gasteiger partial charge >= 0.3 is 11.9 Å². The van der Waals surface area contributed by atoms with Crippen LogP contribution in [0.3, 0.4) is 0 Å². The average molecular weight is 592 g/mol. The van der Waals surface area contributed by atoms with Crippen LogP contribution in [0.4, 0.5) is 4.39 Å². The van der Waals surface area contributed by atoms with Crippen LogP contribution in [0.1, 0.15) is 35.2 Å². The summed E-state index contributed by atoms with van der Waals surface area (Å²) in [7, 11) is 0. The fraction of sp³-hybridized carbons (Fsp3) is 0.212. The molecule has 0 unspecified atom stereocenters. The van der Waals surface area contributed by atoms with Gasteiger partial charge in [0.25, 0.3) is 0 Å². The van der Waals surface area contributed by atoms with E-state index in [9.17, 15) is 19.1 Å². The van der Waals surface area contributed by atoms with Gasteiger partial charge in [0.15, 0.2) is 0 Å². The summed E-state index contributed by atoms with van der Waals surface area (Å²) in [6.07, 6.45) is 8.55. The molecule has 0 saturated carbocycles. The number of fused-ring (bicyclic) bond motifs is 1. The number of carboxylic acids is 2. The van der Waals surface area contributed by atoms with Crippen LogP contribution in [0.5, 0.6) is 11.5 Å². The van der Waals surface area contributed by atoms with Crippen LogP contribution in [0.25, 0.3) is 23.1 Å². The normalized spacial score (nSPS) is 11.5. The molecule has 218 valence electrons. The Morgan fingerprint density at radius 2 is 1.69 bits per heavy atom. The molecular formula is C33H31ClFNO6. The van der Waals surface area contributed by atoms with E-state index in [0.29, 0.717) is 30.2 Å². The topological polar surface area (TPSA) is 98.0 Å². The van der Waals surface area contributed by atoms with Crippen molar-refractivity contribution >= 4 is 46.6 Å². The lowest BCUT2D eigenvalue weighted by molar-refractivity contribution is -0.138. The molecule has 0 saturated heterocycles. The zero-order valence-corrected chi connectivity index (χ0v) is 23.8. The summed E-state index contributed by atoms with van der Waals surface area (Å²) in [5.74, 6) is -1.25. The van der Waals surface area contributed by atoms with Gasteiger partial charge in [0.05, 0.1) is 10.5 Å². The summed E-state index contributed by atoms with van der Waals surface area (Å²) in [6.45, 7) is 2.25. The molecule has 7 nitrogen and oxygen atoms in total. The number of hydrogen-bond acceptors (Lipinski definition) is 4. The first-order chi connectivity index (χ1) is 20.2. The van der Waals surface area contributed by atoms with Crippen LogP contribution in [0, 0.1) is 12.7 Å². The highest BCUT2D eigenvalue weighted by Crippen LogP contribution is 2.31. The number of carboxylic acid groups (broad SMARTS) is 2. The first-order valence-corrected chi connectivity index (χ1v) is 13.8. The molecule has 1 aromatic heterocycles. The number of ether oxygens (including phenoxy) is 2. The molecule has 1 heterocycles. The van der Waals surface area contributed by atoms with Gasteiger partial charge in [0, 0.05) is 23.6 Å². The maximum absolute atomic E-state index is 13.3. The van der Waals surface area contributed by atoms with E-state index in [1.54, 1.807) is 16.7 Å². The van der Waals surface area contributed by atoms with Crippen molar-refractivity contribution in [2.24, 2.45) is 0 Å². The Balaban J connectivity index is 1.41. The van der Waals surface area contributed by atoms with Crippen molar-refractivity contribution in [2.45, 2.75) is 32.7 Å². The summed E-state index contributed by atoms with van der Waals surface area (Å²) in [4.78, 5) is 22.7. The molecule has 42 heavy (non-hydrogen) atoms. The number of halogens is 2. The number of benzene rings is 3. The number of carbonyl (C=O) groups is 2. The van der Waals surface area contributed by atoms with Crippen molar-refractivity contribution in [1.29, 1.82) is 0 Å². The van der Waals surface area contributed by atoms with Crippen molar-refractivity contribution in [3.8, 4) is 11.5 Å². The van der Waals surface area contributed by atoms with Gasteiger partial charge < -0.3 is 24.3 Å². The molecule has 0 aliphatic heterocycles. The zero-order valence-electron chi connectivity index (χ0n) is 23.1. The molecular weight excluding hydrogens is 561 g/mol. The quantitative estimate of drug-likeness (QED) is 0.117. The molecule has 4 aromatic rings. The molecule has 2 N–H and O–H groups in total. The maximum atomic E-state index is 13.3. The Kier molecular flexibility index (Phi) is 10.4. The van der Waals surface area contributed by atoms with Gasteiger partial charge in [-0.2, -0.15) is 0 Å². The molecule has 0 radical (unpaired) electrons. The van der Waals surface area contributed by atoms with E-state index >= 15 is 0 Å². The van der Waals surface area contributed by atoms with Crippen LogP contribution in [0.2, 0.25) is 5.02 Å². The largest absolute Gasteiger partial charge is 0.490 e. The second-order valence-corrected chi connectivity index (χ2v) is 10.0. The second kappa shape index (κ2) is 14.4. The van der Waals surface area contributed by atoms with Crippen molar-refractivity contribution in [3.63, 3.8) is 0 Å². The minimum atomic E-state index is -0.945. The highest BCUT2D eigenvalue weighted by atomic mass is 35.5. The first-order valence-electron chi connectivity index (χ1n) is 13.4. The molecule has 0 bridgehead atoms. The van der Waals surface area contributed by atoms with E-state index in [-0.39, 0.29) is 25.3 Å². The lowest BCUT2D eigenvalue weighted by Gasteiger charge is -2.08. The van der Waals surface area contributed by atoms with Gasteiger partial charge in [-0.1, -0.05) is 54.1 Å². The van der Waals surface area contributed by atoms with Gasteiger partial charge in [0.2, 0.25) is 0 Å². The summed E-state index contributed by atoms with van der Waals surface area (Å²) >= 11 is 5.99. The van der Waals surface area contributed by atoms with Gasteiger partial charge in [-0.3, -0.25) is 9.59 Å². The molecule has 0 fully saturated rings. The number of aliphatic carboxylic acids is 2. The highest BCUT2D eigenvalue weighted by Gasteiger charge is 2.18. The Morgan fingerprint density at radius 1 is 0.952 bits per heavy atom. The fourth-order valence-electron chi connectivity index (χ4n) is 4.70. The Bertz CT molecular complexity index is 1620. The van der Waals surface area contributed by atoms with E-state index in [1.807, 2.05) is 61.5 Å². The van der Waals surface area contributed by atoms with Gasteiger partial charge in [-0.25, -0.2) is 4.39 Å². The molecule has 0 atom stereocenters. The third kappa shape index (κ3) is 8.01. The van der Waals surface area contributed by atoms with Crippen LogP contribution in [0.15, 0.2) is 72.8 Å². The van der Waals surface area contributed by atoms with Crippen molar-refractivity contribution in [3.05, 3.63) is 106 Å². The smallest absolute Gasteiger partial charge is 0.323 e. The fourth-order valence-corrected chi connectivity index (χ4v) is 4.87. The van der Waals surface area contributed by atoms with E-state index < -0.39 is 17.8 Å². The standard InChI is InChI=1S/C33H31ClFNO6/c1-22-27(7-5-9-31(37)38)28-8-4-6-24(33(28)36(22)21-32(39)40)13-10-23-11-15-26(16-12-23)41-18-2-3-19-42-30-20-25(35)14-17-29(30)34/h2-4,6,8,10-17,20H,5,7,9,18-19,21H2,1H3,(H,37,38)(H,39,40)/b3-2+,13-10+. The van der Waals surface area contributed by atoms with E-state index in [1.165, 1.54) is 18.2 Å². The Labute approximate surface area is 248 Å². The predicted octanol–water partition coefficient (Wildman–Crippen LogP) is 7.42. The molecule has 0 aliphatic rings. The van der Waals surface area contributed by atoms with E-state index in [2.05, 4.69) is 0 Å². The van der Waals surface area contributed by atoms with Gasteiger partial charge in [-0.15, -0.1) is 0 Å². The van der Waals surface area contributed by atoms with Crippen LogP contribution in [-0.2, 0) is 22.6 Å². The lowest BCUT2D eigenvalue weighted by Crippen LogP contribution is -2.10. The SMILES string of the molecule is Cc1c(CCCC(=O)O)c2cccc(/C=C/c3ccc(OC/C=C/COc4cc(F)ccc4Cl)cc3)c2n1CC(=O)O. The summed E-state index contributed by atoms with van der Waals surface area (Å²) in [5.41, 5.74) is 4.43. The molecule has 4 rings (SSSR count). The number of rotatable bonds is 14. The number of aromatic nitrogens is 1. The summed E-state index contributed by atoms with van der Waals surface area (Å²) in [6, 6.07) is 17.3. The molecule has 0 spiro atoms. The Hall–Kier alpha value is -4.56. The van der Waals surface area contributed by atoms with Crippen LogP contribution >= 0.6 is 11.6 Å². The maximum Gasteiger partial charge on any atom is 0.323 e. The number of nitrogens with zero attached hydrogens (tertiary/aromatic N) is 1. The second-order valence-electron chi connectivity index (χ2n) is 9.61. The predicted molar refractivity (Wildman–Crippen MR) is 162 cm³/mol. The monoisotopic (exact) mass is 591 g/mol. The highest BCUT2D eigenvalue weighted by molar-refractivity contribution is 6.32. The average Bonchev–Trinajstić information content (AvgIpc) is 3.22. The zero-order chi connectivity index (χ0) is 30.1. The molecule has 3 aromatic carbocycles. The van der Waals surface area contributed by atoms with Crippen LogP contribution < -0.4 is 9.47 Å². The molecule has 0 aliphatic carbocycles. The minimum absolute atomic E-state index is 0.0565. The van der Waals surface area contributed by atoms with Crippen molar-refractivity contribution < 1.29 is 33.7 Å². The number of para-hydroxylation sites is 1. The Morgan fingerprint density at radius 3 is 2.40 bits per heavy atom. The van der Waals surface area contributed by atoms with Gasteiger partial charge in [-0.05, 0) is 72.9 Å². The number of hydrogen-bond donors (Lipinski definition) is 2. The summed E-state index contributed by atoms with van der Waals surface area (Å²) < 4.78 is 26.3. The first kappa shape index (κ1) is 30.4. The molecule has 0 amide bonds. The number of aryl methyl sites for hydroxylation is 1. The molecule has 9 heteroatoms. The minimum Gasteiger partial charge on any atom is -0.490 e. The summed E-state index contributed by atoms with van der Waals surface area (Å²) in [5, 5.41) is 19.9. The lowest BCUT2D eigenvalue weighted by atomic mass is 10.0. The van der Waals surface area contributed by atoms with E-state index in [0.717, 1.165) is 33.3 Å². The van der Waals surface area contributed by atoms with Crippen molar-refractivity contribution in [2.75, 3.05) is 13.2 Å². The van der Waals surface area contributed by atoms with Crippen molar-refractivity contribution in [1.82, 2.24) is 4.57 Å². The van der Waals surface area contributed by atoms with Gasteiger partial charge in [0.1, 0.15) is 37.1 Å². The third-order valence-corrected chi connectivity index (χ3v) is 7.00.